The maximum absolute atomic E-state index is 4.61. The summed E-state index contributed by atoms with van der Waals surface area (Å²) in [4.78, 5) is 6.90. The molecule has 0 radical (unpaired) electrons. The summed E-state index contributed by atoms with van der Waals surface area (Å²) >= 11 is 3.51. The van der Waals surface area contributed by atoms with Crippen molar-refractivity contribution < 1.29 is 0 Å². The lowest BCUT2D eigenvalue weighted by Crippen LogP contribution is -2.35. The van der Waals surface area contributed by atoms with E-state index in [9.17, 15) is 0 Å². The molecule has 5 nitrogen and oxygen atoms in total. The number of nitrogens with zero attached hydrogens (tertiary/aromatic N) is 4. The van der Waals surface area contributed by atoms with Gasteiger partial charge in [0.1, 0.15) is 0 Å². The first-order valence-corrected chi connectivity index (χ1v) is 8.39. The van der Waals surface area contributed by atoms with Gasteiger partial charge >= 0.3 is 0 Å². The molecule has 0 saturated carbocycles. The highest BCUT2D eigenvalue weighted by Gasteiger charge is 2.18. The van der Waals surface area contributed by atoms with Crippen LogP contribution < -0.4 is 10.2 Å². The van der Waals surface area contributed by atoms with E-state index >= 15 is 0 Å². The predicted octanol–water partition coefficient (Wildman–Crippen LogP) is 3.92. The first-order valence-electron chi connectivity index (χ1n) is 7.59. The molecule has 2 heterocycles. The second kappa shape index (κ2) is 6.60. The van der Waals surface area contributed by atoms with Crippen LogP contribution in [0.3, 0.4) is 0 Å². The Morgan fingerprint density at radius 2 is 2.23 bits per heavy atom. The molecule has 1 aromatic heterocycles. The number of piperidine rings is 1. The van der Waals surface area contributed by atoms with E-state index in [-0.39, 0.29) is 0 Å². The fraction of sp³-hybridized carbons (Fsp3) is 0.438. The number of hydrogen-bond donors (Lipinski definition) is 1. The van der Waals surface area contributed by atoms with E-state index in [2.05, 4.69) is 61.2 Å². The molecule has 1 aromatic carbocycles. The summed E-state index contributed by atoms with van der Waals surface area (Å²) < 4.78 is 1.09. The topological polar surface area (TPSA) is 53.9 Å². The Morgan fingerprint density at radius 3 is 3.00 bits per heavy atom. The van der Waals surface area contributed by atoms with Crippen molar-refractivity contribution in [3.05, 3.63) is 34.4 Å². The summed E-state index contributed by atoms with van der Waals surface area (Å²) in [5.74, 6) is 2.14. The van der Waals surface area contributed by atoms with Crippen molar-refractivity contribution in [2.24, 2.45) is 5.92 Å². The quantitative estimate of drug-likeness (QED) is 0.897. The van der Waals surface area contributed by atoms with Gasteiger partial charge in [0.25, 0.3) is 0 Å². The van der Waals surface area contributed by atoms with Gasteiger partial charge < -0.3 is 10.2 Å². The van der Waals surface area contributed by atoms with Crippen LogP contribution in [0, 0.1) is 12.8 Å². The Bertz CT molecular complexity index is 661. The standard InChI is InChI=1S/C16H20BrN5/c1-11-4-3-7-22(10-11)15-9-18-21-16(20-15)19-13-5-6-14(17)12(2)8-13/h5-6,8-9,11H,3-4,7,10H2,1-2H3,(H,19,20,21). The minimum absolute atomic E-state index is 0.539. The number of halogens is 1. The minimum atomic E-state index is 0.539. The second-order valence-electron chi connectivity index (χ2n) is 5.92. The summed E-state index contributed by atoms with van der Waals surface area (Å²) in [6.45, 7) is 6.42. The molecular formula is C16H20BrN5. The Hall–Kier alpha value is -1.69. The van der Waals surface area contributed by atoms with E-state index in [1.54, 1.807) is 6.20 Å². The monoisotopic (exact) mass is 361 g/mol. The van der Waals surface area contributed by atoms with Crippen LogP contribution in [-0.4, -0.2) is 28.3 Å². The molecule has 0 bridgehead atoms. The van der Waals surface area contributed by atoms with Crippen molar-refractivity contribution in [3.63, 3.8) is 0 Å². The Morgan fingerprint density at radius 1 is 1.36 bits per heavy atom. The lowest BCUT2D eigenvalue weighted by atomic mass is 10.0. The van der Waals surface area contributed by atoms with E-state index in [0.717, 1.165) is 29.1 Å². The van der Waals surface area contributed by atoms with E-state index < -0.39 is 0 Å². The van der Waals surface area contributed by atoms with Crippen molar-refractivity contribution >= 4 is 33.4 Å². The second-order valence-corrected chi connectivity index (χ2v) is 6.77. The first-order chi connectivity index (χ1) is 10.6. The number of nitrogens with one attached hydrogen (secondary N) is 1. The van der Waals surface area contributed by atoms with Crippen LogP contribution in [0.2, 0.25) is 0 Å². The van der Waals surface area contributed by atoms with E-state index in [4.69, 9.17) is 0 Å². The van der Waals surface area contributed by atoms with Crippen molar-refractivity contribution in [2.75, 3.05) is 23.3 Å². The van der Waals surface area contributed by atoms with Gasteiger partial charge in [0.2, 0.25) is 5.95 Å². The summed E-state index contributed by atoms with van der Waals surface area (Å²) in [6.07, 6.45) is 4.24. The lowest BCUT2D eigenvalue weighted by molar-refractivity contribution is 0.444. The van der Waals surface area contributed by atoms with Gasteiger partial charge in [0.15, 0.2) is 5.82 Å². The molecule has 116 valence electrons. The number of aryl methyl sites for hydroxylation is 1. The number of rotatable bonds is 3. The molecule has 1 fully saturated rings. The van der Waals surface area contributed by atoms with Gasteiger partial charge in [-0.3, -0.25) is 0 Å². The maximum Gasteiger partial charge on any atom is 0.249 e. The average molecular weight is 362 g/mol. The fourth-order valence-electron chi connectivity index (χ4n) is 2.75. The summed E-state index contributed by atoms with van der Waals surface area (Å²) in [5.41, 5.74) is 2.13. The van der Waals surface area contributed by atoms with Crippen molar-refractivity contribution in [3.8, 4) is 0 Å². The van der Waals surface area contributed by atoms with Crippen molar-refractivity contribution in [1.82, 2.24) is 15.2 Å². The van der Waals surface area contributed by atoms with Crippen molar-refractivity contribution in [2.45, 2.75) is 26.7 Å². The third-order valence-corrected chi connectivity index (χ3v) is 4.83. The van der Waals surface area contributed by atoms with Gasteiger partial charge in [-0.2, -0.15) is 10.1 Å². The highest BCUT2D eigenvalue weighted by molar-refractivity contribution is 9.10. The first kappa shape index (κ1) is 15.2. The largest absolute Gasteiger partial charge is 0.355 e. The number of benzene rings is 1. The van der Waals surface area contributed by atoms with Gasteiger partial charge in [-0.25, -0.2) is 0 Å². The number of aromatic nitrogens is 3. The molecule has 0 amide bonds. The molecule has 1 N–H and O–H groups in total. The molecule has 6 heteroatoms. The molecule has 3 rings (SSSR count). The lowest BCUT2D eigenvalue weighted by Gasteiger charge is -2.31. The molecule has 0 spiro atoms. The third kappa shape index (κ3) is 3.55. The van der Waals surface area contributed by atoms with E-state index in [1.807, 2.05) is 12.1 Å². The van der Waals surface area contributed by atoms with Crippen LogP contribution in [0.1, 0.15) is 25.3 Å². The normalized spacial score (nSPS) is 18.3. The zero-order valence-corrected chi connectivity index (χ0v) is 14.5. The molecule has 1 aliphatic rings. The minimum Gasteiger partial charge on any atom is -0.355 e. The van der Waals surface area contributed by atoms with Crippen LogP contribution in [0.4, 0.5) is 17.5 Å². The van der Waals surface area contributed by atoms with Gasteiger partial charge in [-0.05, 0) is 49.4 Å². The fourth-order valence-corrected chi connectivity index (χ4v) is 3.00. The average Bonchev–Trinajstić information content (AvgIpc) is 2.51. The van der Waals surface area contributed by atoms with Crippen LogP contribution in [0.25, 0.3) is 0 Å². The summed E-state index contributed by atoms with van der Waals surface area (Å²) in [7, 11) is 0. The summed E-state index contributed by atoms with van der Waals surface area (Å²) in [5, 5.41) is 11.4. The zero-order chi connectivity index (χ0) is 15.5. The highest BCUT2D eigenvalue weighted by Crippen LogP contribution is 2.24. The van der Waals surface area contributed by atoms with Crippen LogP contribution >= 0.6 is 15.9 Å². The molecular weight excluding hydrogens is 342 g/mol. The number of anilines is 3. The molecule has 22 heavy (non-hydrogen) atoms. The van der Waals surface area contributed by atoms with Gasteiger partial charge in [-0.1, -0.05) is 22.9 Å². The highest BCUT2D eigenvalue weighted by atomic mass is 79.9. The molecule has 1 unspecified atom stereocenters. The molecule has 1 aliphatic heterocycles. The van der Waals surface area contributed by atoms with E-state index in [0.29, 0.717) is 11.9 Å². The van der Waals surface area contributed by atoms with Crippen LogP contribution in [0.5, 0.6) is 0 Å². The third-order valence-electron chi connectivity index (χ3n) is 3.94. The van der Waals surface area contributed by atoms with E-state index in [1.165, 1.54) is 18.4 Å². The van der Waals surface area contributed by atoms with Crippen LogP contribution in [-0.2, 0) is 0 Å². The molecule has 1 saturated heterocycles. The van der Waals surface area contributed by atoms with Gasteiger partial charge in [-0.15, -0.1) is 5.10 Å². The number of hydrogen-bond acceptors (Lipinski definition) is 5. The van der Waals surface area contributed by atoms with Gasteiger partial charge in [0, 0.05) is 23.2 Å². The maximum atomic E-state index is 4.61. The Labute approximate surface area is 139 Å². The predicted molar refractivity (Wildman–Crippen MR) is 92.6 cm³/mol. The smallest absolute Gasteiger partial charge is 0.249 e. The Kier molecular flexibility index (Phi) is 4.57. The molecule has 2 aromatic rings. The van der Waals surface area contributed by atoms with Crippen LogP contribution in [0.15, 0.2) is 28.9 Å². The molecule has 0 aliphatic carbocycles. The molecule has 1 atom stereocenters. The summed E-state index contributed by atoms with van der Waals surface area (Å²) in [6, 6.07) is 6.07. The van der Waals surface area contributed by atoms with Crippen molar-refractivity contribution in [1.29, 1.82) is 0 Å². The Balaban J connectivity index is 1.77. The van der Waals surface area contributed by atoms with Gasteiger partial charge in [0.05, 0.1) is 6.20 Å². The SMILES string of the molecule is Cc1cc(Nc2nncc(N3CCCC(C)C3)n2)ccc1Br. The zero-order valence-electron chi connectivity index (χ0n) is 12.9.